The lowest BCUT2D eigenvalue weighted by Crippen LogP contribution is -2.32. The molecule has 6 nitrogen and oxygen atoms in total. The average molecular weight is 403 g/mol. The number of rotatable bonds is 6. The van der Waals surface area contributed by atoms with Crippen LogP contribution >= 0.6 is 0 Å². The average Bonchev–Trinajstić information content (AvgIpc) is 3.16. The molecule has 0 aliphatic rings. The minimum absolute atomic E-state index is 0.0628. The van der Waals surface area contributed by atoms with Gasteiger partial charge in [-0.25, -0.2) is 4.98 Å². The van der Waals surface area contributed by atoms with E-state index < -0.39 is 0 Å². The second-order valence-electron chi connectivity index (χ2n) is 7.30. The van der Waals surface area contributed by atoms with E-state index in [1.54, 1.807) is 14.2 Å². The topological polar surface area (TPSA) is 76.2 Å². The third-order valence-corrected chi connectivity index (χ3v) is 5.38. The van der Waals surface area contributed by atoms with Crippen molar-refractivity contribution in [3.05, 3.63) is 54.2 Å². The minimum Gasteiger partial charge on any atom is -0.497 e. The predicted molar refractivity (Wildman–Crippen MR) is 119 cm³/mol. The smallest absolute Gasteiger partial charge is 0.270 e. The molecule has 2 N–H and O–H groups in total. The standard InChI is InChI=1S/C24H25N3O3/c1-5-14(2)25-24(28)20-13-17-16-8-6-7-9-19(16)26-22(17)23(27-20)18-12-15(29-3)10-11-21(18)30-4/h6-14,26H,5H2,1-4H3,(H,25,28). The molecule has 1 atom stereocenters. The molecule has 154 valence electrons. The van der Waals surface area contributed by atoms with E-state index in [4.69, 9.17) is 14.5 Å². The van der Waals surface area contributed by atoms with Crippen LogP contribution in [-0.4, -0.2) is 36.1 Å². The number of ether oxygens (including phenoxy) is 2. The lowest BCUT2D eigenvalue weighted by molar-refractivity contribution is 0.0934. The number of hydrogen-bond acceptors (Lipinski definition) is 4. The van der Waals surface area contributed by atoms with Crippen molar-refractivity contribution in [2.24, 2.45) is 0 Å². The Morgan fingerprint density at radius 3 is 2.63 bits per heavy atom. The molecule has 2 aromatic heterocycles. The maximum Gasteiger partial charge on any atom is 0.270 e. The fourth-order valence-electron chi connectivity index (χ4n) is 3.56. The molecule has 0 radical (unpaired) electrons. The van der Waals surface area contributed by atoms with Crippen molar-refractivity contribution in [2.75, 3.05) is 14.2 Å². The summed E-state index contributed by atoms with van der Waals surface area (Å²) in [6.07, 6.45) is 0.845. The Labute approximate surface area is 175 Å². The van der Waals surface area contributed by atoms with E-state index in [0.717, 1.165) is 33.8 Å². The molecule has 0 aliphatic carbocycles. The summed E-state index contributed by atoms with van der Waals surface area (Å²) < 4.78 is 11.0. The first kappa shape index (κ1) is 19.8. The summed E-state index contributed by atoms with van der Waals surface area (Å²) in [5.41, 5.74) is 3.60. The number of fused-ring (bicyclic) bond motifs is 3. The number of aromatic amines is 1. The van der Waals surface area contributed by atoms with Gasteiger partial charge in [-0.3, -0.25) is 4.79 Å². The molecule has 1 amide bonds. The van der Waals surface area contributed by atoms with Crippen LogP contribution in [0.5, 0.6) is 11.5 Å². The highest BCUT2D eigenvalue weighted by molar-refractivity contribution is 6.13. The number of aromatic nitrogens is 2. The Morgan fingerprint density at radius 1 is 1.10 bits per heavy atom. The zero-order valence-corrected chi connectivity index (χ0v) is 17.6. The Morgan fingerprint density at radius 2 is 1.90 bits per heavy atom. The van der Waals surface area contributed by atoms with Crippen molar-refractivity contribution in [3.63, 3.8) is 0 Å². The van der Waals surface area contributed by atoms with Gasteiger partial charge in [0, 0.05) is 27.9 Å². The molecule has 4 aromatic rings. The first-order valence-corrected chi connectivity index (χ1v) is 10.0. The van der Waals surface area contributed by atoms with Gasteiger partial charge in [-0.05, 0) is 43.7 Å². The van der Waals surface area contributed by atoms with Gasteiger partial charge in [0.05, 0.1) is 25.4 Å². The van der Waals surface area contributed by atoms with Gasteiger partial charge in [0.25, 0.3) is 5.91 Å². The number of pyridine rings is 1. The first-order valence-electron chi connectivity index (χ1n) is 10.0. The van der Waals surface area contributed by atoms with Crippen LogP contribution in [0.3, 0.4) is 0 Å². The zero-order chi connectivity index (χ0) is 21.3. The van der Waals surface area contributed by atoms with Crippen LogP contribution in [0.4, 0.5) is 0 Å². The number of nitrogens with zero attached hydrogens (tertiary/aromatic N) is 1. The SMILES string of the molecule is CCC(C)NC(=O)c1cc2c([nH]c3ccccc32)c(-c2cc(OC)ccc2OC)n1. The highest BCUT2D eigenvalue weighted by atomic mass is 16.5. The van der Waals surface area contributed by atoms with Gasteiger partial charge in [-0.1, -0.05) is 25.1 Å². The van der Waals surface area contributed by atoms with Gasteiger partial charge in [-0.2, -0.15) is 0 Å². The van der Waals surface area contributed by atoms with Crippen molar-refractivity contribution in [1.82, 2.24) is 15.3 Å². The van der Waals surface area contributed by atoms with E-state index >= 15 is 0 Å². The molecule has 0 fully saturated rings. The second-order valence-corrected chi connectivity index (χ2v) is 7.30. The van der Waals surface area contributed by atoms with E-state index in [1.165, 1.54) is 0 Å². The Kier molecular flexibility index (Phi) is 5.31. The third kappa shape index (κ3) is 3.45. The number of amides is 1. The van der Waals surface area contributed by atoms with Crippen LogP contribution in [0.1, 0.15) is 30.8 Å². The predicted octanol–water partition coefficient (Wildman–Crippen LogP) is 4.93. The molecule has 30 heavy (non-hydrogen) atoms. The molecule has 4 rings (SSSR count). The lowest BCUT2D eigenvalue weighted by atomic mass is 10.0. The second kappa shape index (κ2) is 8.06. The number of hydrogen-bond donors (Lipinski definition) is 2. The summed E-state index contributed by atoms with van der Waals surface area (Å²) in [5.74, 6) is 1.15. The van der Waals surface area contributed by atoms with E-state index in [1.807, 2.05) is 62.4 Å². The van der Waals surface area contributed by atoms with Crippen LogP contribution < -0.4 is 14.8 Å². The quantitative estimate of drug-likeness (QED) is 0.479. The number of methoxy groups -OCH3 is 2. The zero-order valence-electron chi connectivity index (χ0n) is 17.6. The molecular formula is C24H25N3O3. The van der Waals surface area contributed by atoms with E-state index in [9.17, 15) is 4.79 Å². The monoisotopic (exact) mass is 403 g/mol. The number of benzene rings is 2. The van der Waals surface area contributed by atoms with Crippen LogP contribution in [0.25, 0.3) is 33.1 Å². The summed E-state index contributed by atoms with van der Waals surface area (Å²) in [6.45, 7) is 4.02. The van der Waals surface area contributed by atoms with Gasteiger partial charge < -0.3 is 19.8 Å². The summed E-state index contributed by atoms with van der Waals surface area (Å²) in [6, 6.07) is 15.5. The maximum absolute atomic E-state index is 12.9. The Hall–Kier alpha value is -3.54. The van der Waals surface area contributed by atoms with E-state index in [-0.39, 0.29) is 11.9 Å². The van der Waals surface area contributed by atoms with E-state index in [0.29, 0.717) is 22.9 Å². The van der Waals surface area contributed by atoms with Crippen LogP contribution in [-0.2, 0) is 0 Å². The van der Waals surface area contributed by atoms with Gasteiger partial charge >= 0.3 is 0 Å². The number of carbonyl (C=O) groups is 1. The molecule has 1 unspecified atom stereocenters. The molecule has 2 heterocycles. The van der Waals surface area contributed by atoms with Gasteiger partial charge in [0.2, 0.25) is 0 Å². The van der Waals surface area contributed by atoms with Crippen molar-refractivity contribution in [2.45, 2.75) is 26.3 Å². The fraction of sp³-hybridized carbons (Fsp3) is 0.250. The summed E-state index contributed by atoms with van der Waals surface area (Å²) in [7, 11) is 3.24. The number of nitrogens with one attached hydrogen (secondary N) is 2. The van der Waals surface area contributed by atoms with Crippen LogP contribution in [0, 0.1) is 0 Å². The highest BCUT2D eigenvalue weighted by Crippen LogP contribution is 2.38. The largest absolute Gasteiger partial charge is 0.497 e. The number of H-pyrrole nitrogens is 1. The highest BCUT2D eigenvalue weighted by Gasteiger charge is 2.20. The van der Waals surface area contributed by atoms with E-state index in [2.05, 4.69) is 10.3 Å². The summed E-state index contributed by atoms with van der Waals surface area (Å²) in [5, 5.41) is 4.99. The number of para-hydroxylation sites is 1. The van der Waals surface area contributed by atoms with Crippen molar-refractivity contribution in [1.29, 1.82) is 0 Å². The first-order chi connectivity index (χ1) is 14.5. The lowest BCUT2D eigenvalue weighted by Gasteiger charge is -2.14. The molecule has 0 saturated heterocycles. The molecule has 0 bridgehead atoms. The maximum atomic E-state index is 12.9. The molecule has 2 aromatic carbocycles. The normalized spacial score (nSPS) is 12.1. The fourth-order valence-corrected chi connectivity index (χ4v) is 3.56. The van der Waals surface area contributed by atoms with Gasteiger partial charge in [-0.15, -0.1) is 0 Å². The van der Waals surface area contributed by atoms with Crippen molar-refractivity contribution in [3.8, 4) is 22.8 Å². The van der Waals surface area contributed by atoms with Gasteiger partial charge in [0.15, 0.2) is 0 Å². The van der Waals surface area contributed by atoms with Crippen molar-refractivity contribution >= 4 is 27.7 Å². The summed E-state index contributed by atoms with van der Waals surface area (Å²) in [4.78, 5) is 21.2. The minimum atomic E-state index is -0.195. The van der Waals surface area contributed by atoms with Crippen LogP contribution in [0.2, 0.25) is 0 Å². The van der Waals surface area contributed by atoms with Gasteiger partial charge in [0.1, 0.15) is 17.2 Å². The third-order valence-electron chi connectivity index (χ3n) is 5.38. The Balaban J connectivity index is 2.01. The molecule has 0 spiro atoms. The molecule has 0 aliphatic heterocycles. The number of carbonyl (C=O) groups excluding carboxylic acids is 1. The summed E-state index contributed by atoms with van der Waals surface area (Å²) >= 11 is 0. The molecule has 6 heteroatoms. The Bertz CT molecular complexity index is 1230. The van der Waals surface area contributed by atoms with Crippen molar-refractivity contribution < 1.29 is 14.3 Å². The van der Waals surface area contributed by atoms with Crippen LogP contribution in [0.15, 0.2) is 48.5 Å². The molecule has 0 saturated carbocycles. The molecular weight excluding hydrogens is 378 g/mol.